The van der Waals surface area contributed by atoms with E-state index >= 15 is 0 Å². The standard InChI is InChI=1S/C26H39O3PS.Ba.2H/c1-3-5-7-9-11-13-23-15-19-25(20-16-23)28-30(27,31)29-26-21-17-24(18-22-26)14-12-10-8-6-4-2;;;/h15-22H,3-14H2,1-2H3,(H,27,31);;;. The van der Waals surface area contributed by atoms with Crippen molar-refractivity contribution >= 4 is 67.4 Å². The molecule has 0 saturated heterocycles. The normalized spacial score (nSPS) is 11.1. The number of hydrogen-bond acceptors (Lipinski definition) is 3. The van der Waals surface area contributed by atoms with Crippen molar-refractivity contribution < 1.29 is 13.9 Å². The van der Waals surface area contributed by atoms with Crippen LogP contribution in [0.4, 0.5) is 0 Å². The number of unbranched alkanes of at least 4 members (excludes halogenated alkanes) is 8. The van der Waals surface area contributed by atoms with Gasteiger partial charge in [-0.1, -0.05) is 89.5 Å². The van der Waals surface area contributed by atoms with Crippen molar-refractivity contribution in [3.63, 3.8) is 0 Å². The summed E-state index contributed by atoms with van der Waals surface area (Å²) < 4.78 is 11.2. The Hall–Kier alpha value is 0.221. The summed E-state index contributed by atoms with van der Waals surface area (Å²) in [6.07, 6.45) is 14.9. The van der Waals surface area contributed by atoms with E-state index in [4.69, 9.17) is 20.9 Å². The summed E-state index contributed by atoms with van der Waals surface area (Å²) in [7, 11) is 0. The zero-order chi connectivity index (χ0) is 22.4. The summed E-state index contributed by atoms with van der Waals surface area (Å²) in [5, 5.41) is 0. The van der Waals surface area contributed by atoms with E-state index in [0.717, 1.165) is 12.8 Å². The molecule has 32 heavy (non-hydrogen) atoms. The third-order valence-electron chi connectivity index (χ3n) is 5.43. The molecule has 2 aromatic rings. The van der Waals surface area contributed by atoms with Crippen LogP contribution in [0, 0.1) is 0 Å². The molecule has 0 fully saturated rings. The van der Waals surface area contributed by atoms with Gasteiger partial charge in [0.15, 0.2) is 0 Å². The van der Waals surface area contributed by atoms with Gasteiger partial charge in [0.05, 0.1) is 0 Å². The topological polar surface area (TPSA) is 38.7 Å². The fourth-order valence-corrected chi connectivity index (χ4v) is 4.91. The van der Waals surface area contributed by atoms with E-state index in [2.05, 4.69) is 13.8 Å². The molecule has 0 saturated carbocycles. The Balaban J connectivity index is 0.00000512. The molecule has 0 unspecified atom stereocenters. The second kappa shape index (κ2) is 17.6. The van der Waals surface area contributed by atoms with Crippen molar-refractivity contribution in [2.75, 3.05) is 0 Å². The van der Waals surface area contributed by atoms with Gasteiger partial charge in [-0.15, -0.1) is 0 Å². The van der Waals surface area contributed by atoms with Crippen molar-refractivity contribution in [1.82, 2.24) is 0 Å². The molecule has 176 valence electrons. The molecule has 6 heteroatoms. The molecule has 3 nitrogen and oxygen atoms in total. The van der Waals surface area contributed by atoms with E-state index in [1.54, 1.807) is 0 Å². The molecule has 0 aliphatic carbocycles. The van der Waals surface area contributed by atoms with Crippen molar-refractivity contribution in [2.24, 2.45) is 0 Å². The summed E-state index contributed by atoms with van der Waals surface area (Å²) in [5.74, 6) is 1.09. The van der Waals surface area contributed by atoms with E-state index in [-0.39, 0.29) is 48.9 Å². The zero-order valence-electron chi connectivity index (χ0n) is 19.2. The second-order valence-corrected chi connectivity index (χ2v) is 11.0. The summed E-state index contributed by atoms with van der Waals surface area (Å²) in [4.78, 5) is 10.5. The Kier molecular flexibility index (Phi) is 16.7. The monoisotopic (exact) mass is 602 g/mol. The molecule has 0 aliphatic rings. The number of hydrogen-bond donors (Lipinski definition) is 1. The minimum atomic E-state index is -3.40. The van der Waals surface area contributed by atoms with Crippen LogP contribution in [0.5, 0.6) is 11.5 Å². The van der Waals surface area contributed by atoms with E-state index in [1.807, 2.05) is 48.5 Å². The summed E-state index contributed by atoms with van der Waals surface area (Å²) in [6.45, 7) is 1.07. The van der Waals surface area contributed by atoms with Crippen molar-refractivity contribution in [2.45, 2.75) is 90.9 Å². The fourth-order valence-electron chi connectivity index (χ4n) is 3.58. The fraction of sp³-hybridized carbons (Fsp3) is 0.538. The Morgan fingerprint density at radius 1 is 0.625 bits per heavy atom. The number of benzene rings is 2. The molecular weight excluding hydrogens is 561 g/mol. The van der Waals surface area contributed by atoms with Crippen molar-refractivity contribution in [1.29, 1.82) is 0 Å². The van der Waals surface area contributed by atoms with Gasteiger partial charge in [0.1, 0.15) is 11.5 Å². The minimum absolute atomic E-state index is 0. The molecule has 0 radical (unpaired) electrons. The molecule has 0 heterocycles. The summed E-state index contributed by atoms with van der Waals surface area (Å²) in [5.41, 5.74) is 2.56. The Bertz CT molecular complexity index is 717. The predicted molar refractivity (Wildman–Crippen MR) is 144 cm³/mol. The van der Waals surface area contributed by atoms with Gasteiger partial charge in [-0.3, -0.25) is 0 Å². The van der Waals surface area contributed by atoms with Gasteiger partial charge in [0.2, 0.25) is 0 Å². The third-order valence-corrected chi connectivity index (χ3v) is 6.76. The van der Waals surface area contributed by atoms with E-state index in [0.29, 0.717) is 11.5 Å². The van der Waals surface area contributed by atoms with Crippen LogP contribution in [-0.4, -0.2) is 53.8 Å². The van der Waals surface area contributed by atoms with Gasteiger partial charge < -0.3 is 13.9 Å². The van der Waals surface area contributed by atoms with E-state index < -0.39 is 6.72 Å². The summed E-state index contributed by atoms with van der Waals surface area (Å²) >= 11 is 5.22. The molecule has 0 amide bonds. The van der Waals surface area contributed by atoms with Crippen LogP contribution in [0.3, 0.4) is 0 Å². The maximum atomic E-state index is 10.5. The van der Waals surface area contributed by atoms with Crippen LogP contribution in [0.1, 0.15) is 89.2 Å². The van der Waals surface area contributed by atoms with Crippen molar-refractivity contribution in [3.05, 3.63) is 59.7 Å². The first-order chi connectivity index (χ1) is 15.0. The third kappa shape index (κ3) is 13.2. The second-order valence-electron chi connectivity index (χ2n) is 8.27. The molecule has 1 N–H and O–H groups in total. The van der Waals surface area contributed by atoms with E-state index in [9.17, 15) is 4.89 Å². The van der Waals surface area contributed by atoms with Crippen LogP contribution in [0.2, 0.25) is 0 Å². The first-order valence-electron chi connectivity index (χ1n) is 11.9. The Labute approximate surface area is 241 Å². The van der Waals surface area contributed by atoms with Gasteiger partial charge >= 0.3 is 55.6 Å². The Morgan fingerprint density at radius 2 is 0.969 bits per heavy atom. The van der Waals surface area contributed by atoms with Crippen LogP contribution in [0.25, 0.3) is 0 Å². The molecular formula is C26H41BaO3PS. The molecule has 2 aromatic carbocycles. The van der Waals surface area contributed by atoms with E-state index in [1.165, 1.54) is 75.3 Å². The van der Waals surface area contributed by atoms with Gasteiger partial charge in [0.25, 0.3) is 0 Å². The van der Waals surface area contributed by atoms with Gasteiger partial charge in [0, 0.05) is 11.8 Å². The average molecular weight is 602 g/mol. The van der Waals surface area contributed by atoms with Gasteiger partial charge in [-0.25, -0.2) is 0 Å². The molecule has 0 aromatic heterocycles. The number of rotatable bonds is 16. The van der Waals surface area contributed by atoms with Gasteiger partial charge in [-0.2, -0.15) is 0 Å². The van der Waals surface area contributed by atoms with Crippen LogP contribution < -0.4 is 9.05 Å². The first kappa shape index (κ1) is 30.3. The first-order valence-corrected chi connectivity index (χ1v) is 14.5. The molecule has 0 bridgehead atoms. The average Bonchev–Trinajstić information content (AvgIpc) is 2.75. The van der Waals surface area contributed by atoms with Crippen LogP contribution >= 0.6 is 6.72 Å². The predicted octanol–water partition coefficient (Wildman–Crippen LogP) is 7.47. The molecule has 0 spiro atoms. The quantitative estimate of drug-likeness (QED) is 0.123. The zero-order valence-corrected chi connectivity index (χ0v) is 20.9. The number of aryl methyl sites for hydroxylation is 2. The van der Waals surface area contributed by atoms with Crippen LogP contribution in [-0.2, 0) is 24.6 Å². The van der Waals surface area contributed by atoms with Crippen LogP contribution in [0.15, 0.2) is 48.5 Å². The maximum absolute atomic E-state index is 10.5. The van der Waals surface area contributed by atoms with Crippen molar-refractivity contribution in [3.8, 4) is 11.5 Å². The Morgan fingerprint density at radius 3 is 1.31 bits per heavy atom. The molecule has 2 rings (SSSR count). The molecule has 0 aliphatic heterocycles. The SMILES string of the molecule is CCCCCCCc1ccc(OP(O)(=S)Oc2ccc(CCCCCCC)cc2)cc1.[BaH2]. The molecule has 0 atom stereocenters. The van der Waals surface area contributed by atoms with Gasteiger partial charge in [-0.05, 0) is 61.1 Å². The summed E-state index contributed by atoms with van der Waals surface area (Å²) in [6, 6.07) is 15.6.